The molecule has 21 heavy (non-hydrogen) atoms. The highest BCUT2D eigenvalue weighted by Gasteiger charge is 2.25. The summed E-state index contributed by atoms with van der Waals surface area (Å²) in [7, 11) is 1.29. The molecular weight excluding hydrogens is 272 g/mol. The van der Waals surface area contributed by atoms with Crippen LogP contribution in [0.1, 0.15) is 29.4 Å². The molecule has 2 aromatic rings. The molecule has 0 spiro atoms. The lowest BCUT2D eigenvalue weighted by molar-refractivity contribution is -0.140. The Morgan fingerprint density at radius 2 is 2.00 bits per heavy atom. The maximum absolute atomic E-state index is 11.7. The molecule has 0 amide bonds. The Bertz CT molecular complexity index is 688. The maximum Gasteiger partial charge on any atom is 0.306 e. The van der Waals surface area contributed by atoms with Crippen LogP contribution in [0.15, 0.2) is 45.6 Å². The first-order valence-electron chi connectivity index (χ1n) is 6.48. The standard InChI is InChI=1S/C16H16O5/c1-10-8-13(17)15(19)16(21-10)12(9-14(18)20-2)11-6-4-3-5-7-11/h3-8,12,19H,9H2,1-2H3. The van der Waals surface area contributed by atoms with Gasteiger partial charge in [-0.05, 0) is 12.5 Å². The largest absolute Gasteiger partial charge is 0.502 e. The van der Waals surface area contributed by atoms with Crippen LogP contribution in [-0.4, -0.2) is 18.2 Å². The van der Waals surface area contributed by atoms with Crippen molar-refractivity contribution in [1.82, 2.24) is 0 Å². The number of aryl methyl sites for hydroxylation is 1. The number of hydrogen-bond donors (Lipinski definition) is 1. The van der Waals surface area contributed by atoms with Crippen LogP contribution in [-0.2, 0) is 9.53 Å². The lowest BCUT2D eigenvalue weighted by atomic mass is 9.92. The summed E-state index contributed by atoms with van der Waals surface area (Å²) in [4.78, 5) is 23.4. The molecule has 1 aromatic carbocycles. The highest BCUT2D eigenvalue weighted by atomic mass is 16.5. The third-order valence-electron chi connectivity index (χ3n) is 3.19. The minimum atomic E-state index is -0.578. The van der Waals surface area contributed by atoms with Crippen LogP contribution in [0.2, 0.25) is 0 Å². The SMILES string of the molecule is COC(=O)CC(c1ccccc1)c1oc(C)cc(=O)c1O. The molecule has 1 N–H and O–H groups in total. The fourth-order valence-corrected chi connectivity index (χ4v) is 2.16. The lowest BCUT2D eigenvalue weighted by Gasteiger charge is -2.16. The van der Waals surface area contributed by atoms with Crippen LogP contribution in [0.3, 0.4) is 0 Å². The van der Waals surface area contributed by atoms with Crippen LogP contribution < -0.4 is 5.43 Å². The number of carbonyl (C=O) groups excluding carboxylic acids is 1. The van der Waals surface area contributed by atoms with Gasteiger partial charge in [0.1, 0.15) is 5.76 Å². The summed E-state index contributed by atoms with van der Waals surface area (Å²) in [6.07, 6.45) is -0.0273. The van der Waals surface area contributed by atoms with E-state index >= 15 is 0 Å². The van der Waals surface area contributed by atoms with Crippen molar-refractivity contribution < 1.29 is 19.1 Å². The Hall–Kier alpha value is -2.56. The van der Waals surface area contributed by atoms with Crippen molar-refractivity contribution in [3.8, 4) is 5.75 Å². The summed E-state index contributed by atoms with van der Waals surface area (Å²) in [5.74, 6) is -1.05. The van der Waals surface area contributed by atoms with Crippen molar-refractivity contribution in [2.24, 2.45) is 0 Å². The molecule has 0 bridgehead atoms. The number of aromatic hydroxyl groups is 1. The van der Waals surface area contributed by atoms with Crippen LogP contribution in [0, 0.1) is 6.92 Å². The van der Waals surface area contributed by atoms with Gasteiger partial charge in [0.2, 0.25) is 11.2 Å². The Morgan fingerprint density at radius 3 is 2.62 bits per heavy atom. The van der Waals surface area contributed by atoms with Crippen molar-refractivity contribution in [2.75, 3.05) is 7.11 Å². The monoisotopic (exact) mass is 288 g/mol. The minimum absolute atomic E-state index is 0.0273. The van der Waals surface area contributed by atoms with Gasteiger partial charge in [0.05, 0.1) is 19.4 Å². The van der Waals surface area contributed by atoms with E-state index in [1.165, 1.54) is 13.2 Å². The van der Waals surface area contributed by atoms with Crippen molar-refractivity contribution >= 4 is 5.97 Å². The third-order valence-corrected chi connectivity index (χ3v) is 3.19. The molecule has 5 heteroatoms. The molecule has 0 radical (unpaired) electrons. The summed E-state index contributed by atoms with van der Waals surface area (Å²) in [5.41, 5.74) is 0.228. The molecule has 0 fully saturated rings. The molecule has 1 aromatic heterocycles. The van der Waals surface area contributed by atoms with E-state index in [1.807, 2.05) is 18.2 Å². The number of ether oxygens (including phenoxy) is 1. The smallest absolute Gasteiger partial charge is 0.306 e. The Morgan fingerprint density at radius 1 is 1.33 bits per heavy atom. The molecule has 1 heterocycles. The number of hydrogen-bond acceptors (Lipinski definition) is 5. The number of rotatable bonds is 4. The van der Waals surface area contributed by atoms with Gasteiger partial charge in [-0.1, -0.05) is 30.3 Å². The summed E-state index contributed by atoms with van der Waals surface area (Å²) in [6.45, 7) is 1.62. The van der Waals surface area contributed by atoms with E-state index in [1.54, 1.807) is 19.1 Å². The quantitative estimate of drug-likeness (QED) is 0.874. The molecule has 0 saturated heterocycles. The topological polar surface area (TPSA) is 76.7 Å². The normalized spacial score (nSPS) is 11.9. The van der Waals surface area contributed by atoms with Gasteiger partial charge in [-0.15, -0.1) is 0 Å². The molecule has 0 aliphatic rings. The molecular formula is C16H16O5. The number of esters is 1. The van der Waals surface area contributed by atoms with Gasteiger partial charge in [0.25, 0.3) is 0 Å². The zero-order valence-electron chi connectivity index (χ0n) is 11.8. The second kappa shape index (κ2) is 6.26. The predicted octanol–water partition coefficient (Wildman–Crippen LogP) is 2.35. The lowest BCUT2D eigenvalue weighted by Crippen LogP contribution is -2.13. The van der Waals surface area contributed by atoms with Gasteiger partial charge >= 0.3 is 5.97 Å². The predicted molar refractivity (Wildman–Crippen MR) is 76.3 cm³/mol. The average molecular weight is 288 g/mol. The Balaban J connectivity index is 2.55. The van der Waals surface area contributed by atoms with Crippen molar-refractivity contribution in [1.29, 1.82) is 0 Å². The highest BCUT2D eigenvalue weighted by Crippen LogP contribution is 2.32. The third kappa shape index (κ3) is 3.31. The molecule has 0 aliphatic carbocycles. The van der Waals surface area contributed by atoms with Gasteiger partial charge in [-0.2, -0.15) is 0 Å². The summed E-state index contributed by atoms with van der Waals surface area (Å²) in [6, 6.07) is 10.3. The van der Waals surface area contributed by atoms with Crippen LogP contribution in [0.4, 0.5) is 0 Å². The molecule has 0 saturated carbocycles. The Kier molecular flexibility index (Phi) is 4.42. The second-order valence-corrected chi connectivity index (χ2v) is 4.68. The molecule has 5 nitrogen and oxygen atoms in total. The summed E-state index contributed by atoms with van der Waals surface area (Å²) >= 11 is 0. The molecule has 0 aliphatic heterocycles. The van der Waals surface area contributed by atoms with Crippen LogP contribution in [0.5, 0.6) is 5.75 Å². The zero-order chi connectivity index (χ0) is 15.4. The molecule has 110 valence electrons. The van der Waals surface area contributed by atoms with Crippen LogP contribution in [0.25, 0.3) is 0 Å². The van der Waals surface area contributed by atoms with Gasteiger partial charge in [0.15, 0.2) is 5.76 Å². The van der Waals surface area contributed by atoms with E-state index in [2.05, 4.69) is 4.74 Å². The van der Waals surface area contributed by atoms with E-state index in [9.17, 15) is 14.7 Å². The van der Waals surface area contributed by atoms with Crippen molar-refractivity contribution in [3.05, 3.63) is 63.7 Å². The van der Waals surface area contributed by atoms with E-state index in [-0.39, 0.29) is 12.2 Å². The van der Waals surface area contributed by atoms with Crippen molar-refractivity contribution in [3.63, 3.8) is 0 Å². The fourth-order valence-electron chi connectivity index (χ4n) is 2.16. The zero-order valence-corrected chi connectivity index (χ0v) is 11.8. The number of benzene rings is 1. The first kappa shape index (κ1) is 14.8. The molecule has 1 atom stereocenters. The summed E-state index contributed by atoms with van der Waals surface area (Å²) < 4.78 is 10.2. The van der Waals surface area contributed by atoms with E-state index in [0.29, 0.717) is 5.76 Å². The maximum atomic E-state index is 11.7. The first-order valence-corrected chi connectivity index (χ1v) is 6.48. The Labute approximate surface area is 121 Å². The fraction of sp³-hybridized carbons (Fsp3) is 0.250. The van der Waals surface area contributed by atoms with Gasteiger partial charge < -0.3 is 14.3 Å². The van der Waals surface area contributed by atoms with Gasteiger partial charge in [-0.25, -0.2) is 0 Å². The average Bonchev–Trinajstić information content (AvgIpc) is 2.49. The first-order chi connectivity index (χ1) is 10.0. The second-order valence-electron chi connectivity index (χ2n) is 4.68. The molecule has 2 rings (SSSR count). The van der Waals surface area contributed by atoms with E-state index < -0.39 is 23.1 Å². The van der Waals surface area contributed by atoms with Gasteiger partial charge in [0, 0.05) is 6.07 Å². The van der Waals surface area contributed by atoms with Crippen LogP contribution >= 0.6 is 0 Å². The number of methoxy groups -OCH3 is 1. The summed E-state index contributed by atoms with van der Waals surface area (Å²) in [5, 5.41) is 9.98. The minimum Gasteiger partial charge on any atom is -0.502 e. The highest BCUT2D eigenvalue weighted by molar-refractivity contribution is 5.71. The van der Waals surface area contributed by atoms with E-state index in [0.717, 1.165) is 5.56 Å². The van der Waals surface area contributed by atoms with Gasteiger partial charge in [-0.3, -0.25) is 9.59 Å². The van der Waals surface area contributed by atoms with E-state index in [4.69, 9.17) is 4.42 Å². The van der Waals surface area contributed by atoms with Crippen molar-refractivity contribution in [2.45, 2.75) is 19.3 Å². The number of carbonyl (C=O) groups is 1. The molecule has 1 unspecified atom stereocenters.